The zero-order valence-corrected chi connectivity index (χ0v) is 14.7. The Hall–Kier alpha value is -1.41. The number of amidine groups is 1. The number of thioether (sulfide) groups is 1. The fourth-order valence-corrected chi connectivity index (χ4v) is 6.97. The molecule has 0 radical (unpaired) electrons. The van der Waals surface area contributed by atoms with E-state index in [2.05, 4.69) is 0 Å². The van der Waals surface area contributed by atoms with Gasteiger partial charge in [-0.3, -0.25) is 5.41 Å². The molecule has 0 aromatic heterocycles. The molecule has 1 aromatic rings. The van der Waals surface area contributed by atoms with Gasteiger partial charge in [-0.1, -0.05) is 17.8 Å². The Bertz CT molecular complexity index is 720. The largest absolute Gasteiger partial charge is 0.493 e. The minimum Gasteiger partial charge on any atom is -0.493 e. The molecule has 0 saturated carbocycles. The number of benzene rings is 1. The highest BCUT2D eigenvalue weighted by molar-refractivity contribution is 8.15. The zero-order valence-electron chi connectivity index (χ0n) is 13.1. The Morgan fingerprint density at radius 2 is 2.00 bits per heavy atom. The SMILES string of the molecule is COc1ccc(CCN2C(=N)S[C@@H]3CS(=O)(=O)C[C@H]32)cc1OC. The van der Waals surface area contributed by atoms with Crippen LogP contribution < -0.4 is 9.47 Å². The van der Waals surface area contributed by atoms with Gasteiger partial charge in [-0.05, 0) is 24.1 Å². The third-order valence-electron chi connectivity index (χ3n) is 4.29. The van der Waals surface area contributed by atoms with E-state index in [1.54, 1.807) is 14.2 Å². The molecule has 0 unspecified atom stereocenters. The van der Waals surface area contributed by atoms with E-state index in [9.17, 15) is 8.42 Å². The van der Waals surface area contributed by atoms with Crippen LogP contribution in [0.1, 0.15) is 5.56 Å². The fraction of sp³-hybridized carbons (Fsp3) is 0.533. The van der Waals surface area contributed by atoms with Gasteiger partial charge in [-0.2, -0.15) is 0 Å². The van der Waals surface area contributed by atoms with Gasteiger partial charge in [0, 0.05) is 11.8 Å². The number of hydrogen-bond donors (Lipinski definition) is 1. The van der Waals surface area contributed by atoms with Crippen molar-refractivity contribution >= 4 is 26.8 Å². The summed E-state index contributed by atoms with van der Waals surface area (Å²) in [5.74, 6) is 1.72. The molecular formula is C15H20N2O4S2. The normalized spacial score (nSPS) is 25.5. The average Bonchev–Trinajstić information content (AvgIpc) is 2.95. The van der Waals surface area contributed by atoms with Crippen molar-refractivity contribution in [3.05, 3.63) is 23.8 Å². The van der Waals surface area contributed by atoms with Gasteiger partial charge in [0.05, 0.1) is 31.8 Å². The van der Waals surface area contributed by atoms with Crippen molar-refractivity contribution in [1.82, 2.24) is 4.90 Å². The van der Waals surface area contributed by atoms with Crippen molar-refractivity contribution in [3.63, 3.8) is 0 Å². The summed E-state index contributed by atoms with van der Waals surface area (Å²) in [5, 5.41) is 8.58. The molecule has 0 bridgehead atoms. The van der Waals surface area contributed by atoms with Crippen molar-refractivity contribution in [2.75, 3.05) is 32.3 Å². The van der Waals surface area contributed by atoms with Crippen LogP contribution in [0.4, 0.5) is 0 Å². The van der Waals surface area contributed by atoms with Crippen LogP contribution in [0.25, 0.3) is 0 Å². The van der Waals surface area contributed by atoms with Crippen LogP contribution in [0.15, 0.2) is 18.2 Å². The Labute approximate surface area is 140 Å². The number of ether oxygens (including phenoxy) is 2. The third-order valence-corrected chi connectivity index (χ3v) is 7.45. The van der Waals surface area contributed by atoms with Crippen LogP contribution in [0, 0.1) is 5.41 Å². The molecule has 0 aliphatic carbocycles. The Morgan fingerprint density at radius 3 is 2.70 bits per heavy atom. The second-order valence-corrected chi connectivity index (χ2v) is 9.12. The molecule has 0 spiro atoms. The summed E-state index contributed by atoms with van der Waals surface area (Å²) in [6.07, 6.45) is 0.729. The summed E-state index contributed by atoms with van der Waals surface area (Å²) in [5.41, 5.74) is 1.07. The smallest absolute Gasteiger partial charge is 0.160 e. The summed E-state index contributed by atoms with van der Waals surface area (Å²) in [4.78, 5) is 1.93. The van der Waals surface area contributed by atoms with E-state index in [1.807, 2.05) is 23.1 Å². The number of rotatable bonds is 5. The van der Waals surface area contributed by atoms with Gasteiger partial charge in [0.15, 0.2) is 26.5 Å². The molecule has 2 fully saturated rings. The van der Waals surface area contributed by atoms with Crippen LogP contribution in [-0.2, 0) is 16.3 Å². The van der Waals surface area contributed by atoms with Crippen LogP contribution in [0.5, 0.6) is 11.5 Å². The lowest BCUT2D eigenvalue weighted by Gasteiger charge is -2.23. The number of nitrogens with one attached hydrogen (secondary N) is 1. The molecule has 8 heteroatoms. The van der Waals surface area contributed by atoms with Gasteiger partial charge in [0.25, 0.3) is 0 Å². The second kappa shape index (κ2) is 6.24. The summed E-state index contributed by atoms with van der Waals surface area (Å²) < 4.78 is 34.1. The summed E-state index contributed by atoms with van der Waals surface area (Å²) in [6.45, 7) is 0.637. The molecule has 2 heterocycles. The van der Waals surface area contributed by atoms with E-state index in [1.165, 1.54) is 11.8 Å². The van der Waals surface area contributed by atoms with Gasteiger partial charge < -0.3 is 14.4 Å². The molecule has 1 aromatic carbocycles. The molecule has 2 aliphatic heterocycles. The van der Waals surface area contributed by atoms with Crippen LogP contribution in [0.3, 0.4) is 0 Å². The second-order valence-electron chi connectivity index (χ2n) is 5.74. The van der Waals surface area contributed by atoms with Crippen LogP contribution in [-0.4, -0.2) is 62.0 Å². The molecule has 0 amide bonds. The molecule has 23 heavy (non-hydrogen) atoms. The first-order valence-corrected chi connectivity index (χ1v) is 10.1. The highest BCUT2D eigenvalue weighted by atomic mass is 32.2. The number of sulfone groups is 1. The number of nitrogens with zero attached hydrogens (tertiary/aromatic N) is 1. The highest BCUT2D eigenvalue weighted by Gasteiger charge is 2.47. The van der Waals surface area contributed by atoms with E-state index < -0.39 is 9.84 Å². The Balaban J connectivity index is 1.69. The van der Waals surface area contributed by atoms with E-state index >= 15 is 0 Å². The Kier molecular flexibility index (Phi) is 4.46. The van der Waals surface area contributed by atoms with Crippen molar-refractivity contribution in [2.45, 2.75) is 17.7 Å². The van der Waals surface area contributed by atoms with E-state index in [-0.39, 0.29) is 22.8 Å². The highest BCUT2D eigenvalue weighted by Crippen LogP contribution is 2.37. The summed E-state index contributed by atoms with van der Waals surface area (Å²) >= 11 is 1.38. The predicted octanol–water partition coefficient (Wildman–Crippen LogP) is 1.40. The summed E-state index contributed by atoms with van der Waals surface area (Å²) in [7, 11) is 0.238. The molecular weight excluding hydrogens is 336 g/mol. The third kappa shape index (κ3) is 3.28. The number of fused-ring (bicyclic) bond motifs is 1. The van der Waals surface area contributed by atoms with Crippen molar-refractivity contribution in [1.29, 1.82) is 5.41 Å². The standard InChI is InChI=1S/C15H20N2O4S2/c1-20-12-4-3-10(7-13(12)21-2)5-6-17-11-8-23(18,19)9-14(11)22-15(17)16/h3-4,7,11,14,16H,5-6,8-9H2,1-2H3/t11-,14-/m1/s1. The maximum Gasteiger partial charge on any atom is 0.160 e. The van der Waals surface area contributed by atoms with Crippen molar-refractivity contribution in [2.24, 2.45) is 0 Å². The van der Waals surface area contributed by atoms with Gasteiger partial charge >= 0.3 is 0 Å². The van der Waals surface area contributed by atoms with Gasteiger partial charge in [-0.15, -0.1) is 0 Å². The predicted molar refractivity (Wildman–Crippen MR) is 91.5 cm³/mol. The quantitative estimate of drug-likeness (QED) is 0.859. The molecule has 2 aliphatic rings. The zero-order chi connectivity index (χ0) is 16.6. The number of hydrogen-bond acceptors (Lipinski definition) is 6. The van der Waals surface area contributed by atoms with E-state index in [0.717, 1.165) is 12.0 Å². The maximum absolute atomic E-state index is 11.8. The van der Waals surface area contributed by atoms with Crippen LogP contribution >= 0.6 is 11.8 Å². The lowest BCUT2D eigenvalue weighted by Crippen LogP contribution is -2.38. The van der Waals surface area contributed by atoms with Gasteiger partial charge in [0.2, 0.25) is 0 Å². The van der Waals surface area contributed by atoms with Crippen LogP contribution in [0.2, 0.25) is 0 Å². The molecule has 2 atom stereocenters. The lowest BCUT2D eigenvalue weighted by atomic mass is 10.1. The molecule has 126 valence electrons. The van der Waals surface area contributed by atoms with Crippen molar-refractivity contribution < 1.29 is 17.9 Å². The minimum absolute atomic E-state index is 0.0119. The topological polar surface area (TPSA) is 79.7 Å². The van der Waals surface area contributed by atoms with Gasteiger partial charge in [0.1, 0.15) is 0 Å². The molecule has 3 rings (SSSR count). The monoisotopic (exact) mass is 356 g/mol. The molecule has 1 N–H and O–H groups in total. The first-order chi connectivity index (χ1) is 10.9. The number of methoxy groups -OCH3 is 2. The Morgan fingerprint density at radius 1 is 1.26 bits per heavy atom. The van der Waals surface area contributed by atoms with Crippen molar-refractivity contribution in [3.8, 4) is 11.5 Å². The maximum atomic E-state index is 11.8. The summed E-state index contributed by atoms with van der Waals surface area (Å²) in [6, 6.07) is 5.70. The fourth-order valence-electron chi connectivity index (χ4n) is 3.11. The van der Waals surface area contributed by atoms with Gasteiger partial charge in [-0.25, -0.2) is 8.42 Å². The minimum atomic E-state index is -2.96. The first kappa shape index (κ1) is 16.4. The first-order valence-electron chi connectivity index (χ1n) is 7.36. The molecule has 2 saturated heterocycles. The lowest BCUT2D eigenvalue weighted by molar-refractivity contribution is 0.351. The van der Waals surface area contributed by atoms with E-state index in [0.29, 0.717) is 23.2 Å². The average molecular weight is 356 g/mol. The molecule has 6 nitrogen and oxygen atoms in total. The van der Waals surface area contributed by atoms with E-state index in [4.69, 9.17) is 14.9 Å².